The number of para-hydroxylation sites is 1. The Labute approximate surface area is 131 Å². The van der Waals surface area contributed by atoms with Gasteiger partial charge in [-0.3, -0.25) is 5.43 Å². The number of nitrogens with one attached hydrogen (secondary N) is 2. The standard InChI is InChI=1S/C17H19N3S/c1-13(2)18-17(21)16(14-9-5-3-6-10-14)20-19-15-11-7-4-8-12-15/h3-13,19H,1-2H3,(H,18,21)/b20-16+. The molecule has 21 heavy (non-hydrogen) atoms. The lowest BCUT2D eigenvalue weighted by atomic mass is 10.1. The van der Waals surface area contributed by atoms with Gasteiger partial charge in [-0.25, -0.2) is 0 Å². The van der Waals surface area contributed by atoms with Gasteiger partial charge in [-0.15, -0.1) is 0 Å². The highest BCUT2D eigenvalue weighted by atomic mass is 32.1. The average molecular weight is 297 g/mol. The van der Waals surface area contributed by atoms with Crippen molar-refractivity contribution in [2.24, 2.45) is 5.10 Å². The van der Waals surface area contributed by atoms with Crippen LogP contribution in [0.2, 0.25) is 0 Å². The second kappa shape index (κ2) is 7.55. The Kier molecular flexibility index (Phi) is 5.46. The van der Waals surface area contributed by atoms with Gasteiger partial charge in [0, 0.05) is 11.6 Å². The molecule has 0 aliphatic rings. The Morgan fingerprint density at radius 2 is 1.52 bits per heavy atom. The first-order valence-electron chi connectivity index (χ1n) is 6.92. The first-order valence-corrected chi connectivity index (χ1v) is 7.32. The van der Waals surface area contributed by atoms with Crippen LogP contribution in [0.3, 0.4) is 0 Å². The van der Waals surface area contributed by atoms with Crippen molar-refractivity contribution in [1.82, 2.24) is 5.32 Å². The molecule has 2 aromatic rings. The first-order chi connectivity index (χ1) is 10.2. The smallest absolute Gasteiger partial charge is 0.127 e. The molecule has 0 amide bonds. The molecule has 0 radical (unpaired) electrons. The highest BCUT2D eigenvalue weighted by molar-refractivity contribution is 7.82. The third kappa shape index (κ3) is 4.68. The van der Waals surface area contributed by atoms with E-state index >= 15 is 0 Å². The van der Waals surface area contributed by atoms with Crippen molar-refractivity contribution in [2.45, 2.75) is 19.9 Å². The molecule has 2 rings (SSSR count). The maximum Gasteiger partial charge on any atom is 0.127 e. The minimum absolute atomic E-state index is 0.267. The van der Waals surface area contributed by atoms with E-state index in [2.05, 4.69) is 29.7 Å². The van der Waals surface area contributed by atoms with E-state index in [1.54, 1.807) is 0 Å². The van der Waals surface area contributed by atoms with Gasteiger partial charge in [0.05, 0.1) is 5.69 Å². The summed E-state index contributed by atoms with van der Waals surface area (Å²) in [5.41, 5.74) is 5.71. The monoisotopic (exact) mass is 297 g/mol. The molecule has 4 heteroatoms. The molecule has 0 unspecified atom stereocenters. The Balaban J connectivity index is 2.25. The zero-order valence-electron chi connectivity index (χ0n) is 12.2. The van der Waals surface area contributed by atoms with Crippen LogP contribution in [-0.2, 0) is 0 Å². The molecule has 0 fully saturated rings. The van der Waals surface area contributed by atoms with E-state index in [1.807, 2.05) is 60.7 Å². The van der Waals surface area contributed by atoms with Crippen LogP contribution in [0.1, 0.15) is 19.4 Å². The first kappa shape index (κ1) is 15.2. The number of thiocarbonyl (C=S) groups is 1. The third-order valence-corrected chi connectivity index (χ3v) is 3.06. The number of benzene rings is 2. The largest absolute Gasteiger partial charge is 0.372 e. The molecule has 108 valence electrons. The minimum Gasteiger partial charge on any atom is -0.372 e. The van der Waals surface area contributed by atoms with Crippen LogP contribution >= 0.6 is 12.2 Å². The molecule has 0 saturated carbocycles. The zero-order valence-corrected chi connectivity index (χ0v) is 13.0. The quantitative estimate of drug-likeness (QED) is 0.500. The van der Waals surface area contributed by atoms with Crippen molar-refractivity contribution in [1.29, 1.82) is 0 Å². The number of hydrogen-bond acceptors (Lipinski definition) is 3. The normalized spacial score (nSPS) is 11.3. The van der Waals surface area contributed by atoms with Crippen LogP contribution in [0.25, 0.3) is 0 Å². The topological polar surface area (TPSA) is 36.4 Å². The van der Waals surface area contributed by atoms with Crippen molar-refractivity contribution < 1.29 is 0 Å². The number of hydrazone groups is 1. The van der Waals surface area contributed by atoms with Crippen molar-refractivity contribution >= 4 is 28.6 Å². The van der Waals surface area contributed by atoms with Gasteiger partial charge < -0.3 is 5.32 Å². The fraction of sp³-hybridized carbons (Fsp3) is 0.176. The van der Waals surface area contributed by atoms with Crippen LogP contribution in [0.5, 0.6) is 0 Å². The van der Waals surface area contributed by atoms with E-state index in [0.29, 0.717) is 4.99 Å². The summed E-state index contributed by atoms with van der Waals surface area (Å²) in [5.74, 6) is 0. The molecule has 0 aliphatic carbocycles. The molecular weight excluding hydrogens is 278 g/mol. The highest BCUT2D eigenvalue weighted by Gasteiger charge is 2.11. The summed E-state index contributed by atoms with van der Waals surface area (Å²) >= 11 is 5.47. The molecule has 2 N–H and O–H groups in total. The van der Waals surface area contributed by atoms with E-state index in [4.69, 9.17) is 12.2 Å². The lowest BCUT2D eigenvalue weighted by Crippen LogP contribution is -2.35. The van der Waals surface area contributed by atoms with Crippen LogP contribution in [0.15, 0.2) is 65.8 Å². The van der Waals surface area contributed by atoms with Gasteiger partial charge in [-0.1, -0.05) is 60.7 Å². The van der Waals surface area contributed by atoms with Crippen LogP contribution < -0.4 is 10.7 Å². The van der Waals surface area contributed by atoms with E-state index in [-0.39, 0.29) is 6.04 Å². The molecule has 0 aliphatic heterocycles. The van der Waals surface area contributed by atoms with Crippen molar-refractivity contribution in [3.8, 4) is 0 Å². The van der Waals surface area contributed by atoms with Crippen molar-refractivity contribution in [3.05, 3.63) is 66.2 Å². The highest BCUT2D eigenvalue weighted by Crippen LogP contribution is 2.08. The average Bonchev–Trinajstić information content (AvgIpc) is 2.49. The molecule has 0 aromatic heterocycles. The number of anilines is 1. The summed E-state index contributed by atoms with van der Waals surface area (Å²) in [7, 11) is 0. The Morgan fingerprint density at radius 3 is 2.10 bits per heavy atom. The molecule has 0 atom stereocenters. The predicted molar refractivity (Wildman–Crippen MR) is 93.9 cm³/mol. The Bertz CT molecular complexity index is 606. The minimum atomic E-state index is 0.267. The lowest BCUT2D eigenvalue weighted by molar-refractivity contribution is 0.744. The summed E-state index contributed by atoms with van der Waals surface area (Å²) in [4.78, 5) is 0.639. The Hall–Kier alpha value is -2.20. The predicted octanol–water partition coefficient (Wildman–Crippen LogP) is 3.83. The van der Waals surface area contributed by atoms with Gasteiger partial charge in [0.1, 0.15) is 10.7 Å². The number of rotatable bonds is 5. The zero-order chi connectivity index (χ0) is 15.1. The fourth-order valence-electron chi connectivity index (χ4n) is 1.81. The second-order valence-corrected chi connectivity index (χ2v) is 5.34. The van der Waals surface area contributed by atoms with Crippen molar-refractivity contribution in [2.75, 3.05) is 5.43 Å². The van der Waals surface area contributed by atoms with E-state index in [1.165, 1.54) is 0 Å². The SMILES string of the molecule is CC(C)NC(=S)/C(=N/Nc1ccccc1)c1ccccc1. The van der Waals surface area contributed by atoms with Gasteiger partial charge in [0.15, 0.2) is 0 Å². The summed E-state index contributed by atoms with van der Waals surface area (Å²) in [6, 6.07) is 20.0. The van der Waals surface area contributed by atoms with Crippen LogP contribution in [0, 0.1) is 0 Å². The van der Waals surface area contributed by atoms with Gasteiger partial charge >= 0.3 is 0 Å². The fourth-order valence-corrected chi connectivity index (χ4v) is 2.21. The number of nitrogens with zero attached hydrogens (tertiary/aromatic N) is 1. The summed E-state index contributed by atoms with van der Waals surface area (Å²) in [5, 5.41) is 7.72. The van der Waals surface area contributed by atoms with Crippen LogP contribution in [0.4, 0.5) is 5.69 Å². The van der Waals surface area contributed by atoms with Gasteiger partial charge in [0.25, 0.3) is 0 Å². The summed E-state index contributed by atoms with van der Waals surface area (Å²) in [6.07, 6.45) is 0. The molecule has 2 aromatic carbocycles. The van der Waals surface area contributed by atoms with Gasteiger partial charge in [-0.05, 0) is 26.0 Å². The molecule has 0 spiro atoms. The molecule has 3 nitrogen and oxygen atoms in total. The van der Waals surface area contributed by atoms with E-state index in [0.717, 1.165) is 17.0 Å². The summed E-state index contributed by atoms with van der Waals surface area (Å²) in [6.45, 7) is 4.11. The maximum absolute atomic E-state index is 5.47. The van der Waals surface area contributed by atoms with Crippen molar-refractivity contribution in [3.63, 3.8) is 0 Å². The Morgan fingerprint density at radius 1 is 0.952 bits per heavy atom. The van der Waals surface area contributed by atoms with Crippen LogP contribution in [-0.4, -0.2) is 16.7 Å². The molecular formula is C17H19N3S. The number of hydrogen-bond donors (Lipinski definition) is 2. The second-order valence-electron chi connectivity index (χ2n) is 4.93. The van der Waals surface area contributed by atoms with E-state index in [9.17, 15) is 0 Å². The lowest BCUT2D eigenvalue weighted by Gasteiger charge is -2.14. The molecule has 0 heterocycles. The molecule has 0 saturated heterocycles. The third-order valence-electron chi connectivity index (χ3n) is 2.75. The van der Waals surface area contributed by atoms with E-state index < -0.39 is 0 Å². The maximum atomic E-state index is 5.47. The van der Waals surface area contributed by atoms with Gasteiger partial charge in [-0.2, -0.15) is 5.10 Å². The molecule has 0 bridgehead atoms. The van der Waals surface area contributed by atoms with Gasteiger partial charge in [0.2, 0.25) is 0 Å². The summed E-state index contributed by atoms with van der Waals surface area (Å²) < 4.78 is 0.